The molecular weight excluding hydrogens is 252 g/mol. The number of likely N-dealkylation sites (tertiary alicyclic amines) is 1. The van der Waals surface area contributed by atoms with Gasteiger partial charge in [0.2, 0.25) is 5.95 Å². The van der Waals surface area contributed by atoms with E-state index < -0.39 is 0 Å². The fraction of sp³-hybridized carbons (Fsp3) is 0.733. The molecule has 5 heteroatoms. The number of nitrogens with zero attached hydrogens (tertiary/aromatic N) is 4. The van der Waals surface area contributed by atoms with E-state index in [1.165, 1.54) is 25.7 Å². The highest BCUT2D eigenvalue weighted by Crippen LogP contribution is 2.39. The smallest absolute Gasteiger partial charge is 0.225 e. The average molecular weight is 276 g/mol. The third kappa shape index (κ3) is 2.65. The second-order valence-electron chi connectivity index (χ2n) is 5.86. The molecule has 1 aromatic rings. The highest BCUT2D eigenvalue weighted by Gasteiger charge is 2.44. The van der Waals surface area contributed by atoms with Gasteiger partial charge in [-0.1, -0.05) is 0 Å². The quantitative estimate of drug-likeness (QED) is 0.835. The summed E-state index contributed by atoms with van der Waals surface area (Å²) in [5.41, 5.74) is 0.297. The van der Waals surface area contributed by atoms with E-state index in [2.05, 4.69) is 19.8 Å². The van der Waals surface area contributed by atoms with Gasteiger partial charge in [-0.15, -0.1) is 0 Å². The molecule has 0 bridgehead atoms. The van der Waals surface area contributed by atoms with Crippen LogP contribution in [0, 0.1) is 0 Å². The third-order valence-electron chi connectivity index (χ3n) is 4.79. The van der Waals surface area contributed by atoms with Gasteiger partial charge in [-0.05, 0) is 31.7 Å². The normalized spacial score (nSPS) is 22.6. The molecule has 0 N–H and O–H groups in total. The summed E-state index contributed by atoms with van der Waals surface area (Å²) in [6.45, 7) is 5.30. The van der Waals surface area contributed by atoms with Crippen molar-refractivity contribution in [3.63, 3.8) is 0 Å². The fourth-order valence-corrected chi connectivity index (χ4v) is 3.61. The molecular formula is C15H24N4O. The number of rotatable bonds is 4. The van der Waals surface area contributed by atoms with Crippen molar-refractivity contribution in [2.24, 2.45) is 0 Å². The minimum Gasteiger partial charge on any atom is -0.383 e. The molecule has 0 radical (unpaired) electrons. The SMILES string of the molecule is COCCN1CCC2(CCCN2c2ncccn2)CC1. The first-order valence-electron chi connectivity index (χ1n) is 7.60. The van der Waals surface area contributed by atoms with Gasteiger partial charge in [-0.2, -0.15) is 0 Å². The second-order valence-corrected chi connectivity index (χ2v) is 5.86. The van der Waals surface area contributed by atoms with Gasteiger partial charge in [-0.3, -0.25) is 0 Å². The predicted octanol–water partition coefficient (Wildman–Crippen LogP) is 1.56. The molecule has 0 saturated carbocycles. The standard InChI is InChI=1S/C15H24N4O/c1-20-13-12-18-10-5-15(6-11-18)4-2-9-19(15)14-16-7-3-8-17-14/h3,7-8H,2,4-6,9-13H2,1H3. The van der Waals surface area contributed by atoms with E-state index >= 15 is 0 Å². The van der Waals surface area contributed by atoms with Crippen LogP contribution in [0.2, 0.25) is 0 Å². The van der Waals surface area contributed by atoms with Gasteiger partial charge in [0.1, 0.15) is 0 Å². The van der Waals surface area contributed by atoms with E-state index in [4.69, 9.17) is 4.74 Å². The summed E-state index contributed by atoms with van der Waals surface area (Å²) in [6, 6.07) is 1.89. The molecule has 2 aliphatic heterocycles. The van der Waals surface area contributed by atoms with Crippen LogP contribution in [0.1, 0.15) is 25.7 Å². The van der Waals surface area contributed by atoms with Crippen molar-refractivity contribution in [3.05, 3.63) is 18.5 Å². The summed E-state index contributed by atoms with van der Waals surface area (Å²) in [5, 5.41) is 0. The molecule has 3 rings (SSSR count). The highest BCUT2D eigenvalue weighted by molar-refractivity contribution is 5.37. The summed E-state index contributed by atoms with van der Waals surface area (Å²) in [7, 11) is 1.77. The fourth-order valence-electron chi connectivity index (χ4n) is 3.61. The van der Waals surface area contributed by atoms with E-state index in [1.807, 2.05) is 18.5 Å². The number of piperidine rings is 1. The molecule has 5 nitrogen and oxygen atoms in total. The van der Waals surface area contributed by atoms with E-state index in [0.29, 0.717) is 5.54 Å². The molecule has 1 aromatic heterocycles. The minimum atomic E-state index is 0.297. The van der Waals surface area contributed by atoms with E-state index in [0.717, 1.165) is 38.7 Å². The van der Waals surface area contributed by atoms with Crippen molar-refractivity contribution in [2.45, 2.75) is 31.2 Å². The van der Waals surface area contributed by atoms with Gasteiger partial charge in [0.25, 0.3) is 0 Å². The second kappa shape index (κ2) is 6.06. The maximum absolute atomic E-state index is 5.18. The van der Waals surface area contributed by atoms with Gasteiger partial charge in [-0.25, -0.2) is 9.97 Å². The van der Waals surface area contributed by atoms with E-state index in [1.54, 1.807) is 7.11 Å². The lowest BCUT2D eigenvalue weighted by Crippen LogP contribution is -2.53. The zero-order valence-corrected chi connectivity index (χ0v) is 12.3. The molecule has 1 spiro atoms. The van der Waals surface area contributed by atoms with Crippen LogP contribution in [-0.4, -0.2) is 60.3 Å². The minimum absolute atomic E-state index is 0.297. The van der Waals surface area contributed by atoms with E-state index in [-0.39, 0.29) is 0 Å². The summed E-state index contributed by atoms with van der Waals surface area (Å²) >= 11 is 0. The number of anilines is 1. The van der Waals surface area contributed by atoms with Crippen molar-refractivity contribution in [1.82, 2.24) is 14.9 Å². The Bertz CT molecular complexity index is 417. The predicted molar refractivity (Wildman–Crippen MR) is 78.9 cm³/mol. The molecule has 0 unspecified atom stereocenters. The first kappa shape index (κ1) is 13.8. The molecule has 20 heavy (non-hydrogen) atoms. The lowest BCUT2D eigenvalue weighted by Gasteiger charge is -2.45. The van der Waals surface area contributed by atoms with Crippen LogP contribution in [0.4, 0.5) is 5.95 Å². The Balaban J connectivity index is 1.67. The number of methoxy groups -OCH3 is 1. The summed E-state index contributed by atoms with van der Waals surface area (Å²) in [5.74, 6) is 0.912. The largest absolute Gasteiger partial charge is 0.383 e. The topological polar surface area (TPSA) is 41.5 Å². The third-order valence-corrected chi connectivity index (χ3v) is 4.79. The Morgan fingerprint density at radius 2 is 1.90 bits per heavy atom. The zero-order valence-electron chi connectivity index (χ0n) is 12.3. The first-order valence-corrected chi connectivity index (χ1v) is 7.60. The summed E-state index contributed by atoms with van der Waals surface area (Å²) in [6.07, 6.45) is 8.67. The maximum Gasteiger partial charge on any atom is 0.225 e. The molecule has 3 heterocycles. The Kier molecular flexibility index (Phi) is 4.17. The van der Waals surface area contributed by atoms with Crippen molar-refractivity contribution >= 4 is 5.95 Å². The lowest BCUT2D eigenvalue weighted by molar-refractivity contribution is 0.111. The Morgan fingerprint density at radius 3 is 2.60 bits per heavy atom. The lowest BCUT2D eigenvalue weighted by atomic mass is 9.85. The first-order chi connectivity index (χ1) is 9.84. The van der Waals surface area contributed by atoms with Crippen LogP contribution >= 0.6 is 0 Å². The molecule has 0 atom stereocenters. The molecule has 0 aromatic carbocycles. The average Bonchev–Trinajstić information content (AvgIpc) is 2.91. The van der Waals surface area contributed by atoms with E-state index in [9.17, 15) is 0 Å². The Labute approximate surface area is 121 Å². The van der Waals surface area contributed by atoms with Crippen molar-refractivity contribution in [3.8, 4) is 0 Å². The van der Waals surface area contributed by atoms with Crippen molar-refractivity contribution in [2.75, 3.05) is 44.8 Å². The Morgan fingerprint density at radius 1 is 1.15 bits per heavy atom. The molecule has 0 amide bonds. The van der Waals surface area contributed by atoms with Crippen molar-refractivity contribution in [1.29, 1.82) is 0 Å². The molecule has 2 aliphatic rings. The van der Waals surface area contributed by atoms with Gasteiger partial charge in [0.05, 0.1) is 6.61 Å². The highest BCUT2D eigenvalue weighted by atomic mass is 16.5. The van der Waals surface area contributed by atoms with Crippen molar-refractivity contribution < 1.29 is 4.74 Å². The Hall–Kier alpha value is -1.20. The van der Waals surface area contributed by atoms with Crippen LogP contribution in [0.25, 0.3) is 0 Å². The number of ether oxygens (including phenoxy) is 1. The van der Waals surface area contributed by atoms with Gasteiger partial charge >= 0.3 is 0 Å². The molecule has 0 aliphatic carbocycles. The molecule has 110 valence electrons. The number of hydrogen-bond donors (Lipinski definition) is 0. The zero-order chi connectivity index (χ0) is 13.8. The molecule has 2 saturated heterocycles. The van der Waals surface area contributed by atoms with Crippen LogP contribution in [-0.2, 0) is 4.74 Å². The van der Waals surface area contributed by atoms with Gasteiger partial charge < -0.3 is 14.5 Å². The van der Waals surface area contributed by atoms with Crippen LogP contribution in [0.3, 0.4) is 0 Å². The van der Waals surface area contributed by atoms with Crippen LogP contribution < -0.4 is 4.90 Å². The number of aromatic nitrogens is 2. The maximum atomic E-state index is 5.18. The van der Waals surface area contributed by atoms with Crippen LogP contribution in [0.5, 0.6) is 0 Å². The monoisotopic (exact) mass is 276 g/mol. The summed E-state index contributed by atoms with van der Waals surface area (Å²) < 4.78 is 5.18. The van der Waals surface area contributed by atoms with Gasteiger partial charge in [0.15, 0.2) is 0 Å². The van der Waals surface area contributed by atoms with Gasteiger partial charge in [0, 0.05) is 51.2 Å². The number of hydrogen-bond acceptors (Lipinski definition) is 5. The summed E-state index contributed by atoms with van der Waals surface area (Å²) in [4.78, 5) is 13.9. The molecule has 2 fully saturated rings. The van der Waals surface area contributed by atoms with Crippen LogP contribution in [0.15, 0.2) is 18.5 Å².